The van der Waals surface area contributed by atoms with Crippen molar-refractivity contribution in [2.24, 2.45) is 0 Å². The monoisotopic (exact) mass is 393 g/mol. The first kappa shape index (κ1) is 18.7. The molecule has 0 aliphatic carbocycles. The molecule has 0 saturated heterocycles. The Bertz CT molecular complexity index is 1060. The van der Waals surface area contributed by atoms with Gasteiger partial charge in [-0.15, -0.1) is 0 Å². The highest BCUT2D eigenvalue weighted by Gasteiger charge is 2.17. The van der Waals surface area contributed by atoms with Crippen LogP contribution < -0.4 is 13.7 Å². The number of hydrogen-bond acceptors (Lipinski definition) is 8. The maximum absolute atomic E-state index is 11.2. The third-order valence-corrected chi connectivity index (χ3v) is 3.50. The quantitative estimate of drug-likeness (QED) is 0.533. The zero-order chi connectivity index (χ0) is 19.0. The molecule has 0 unspecified atom stereocenters. The van der Waals surface area contributed by atoms with Gasteiger partial charge in [0.25, 0.3) is 0 Å². The van der Waals surface area contributed by atoms with Crippen molar-refractivity contribution in [2.75, 3.05) is 5.32 Å². The Morgan fingerprint density at radius 3 is 2.12 bits per heavy atom. The molecule has 1 amide bonds. The van der Waals surface area contributed by atoms with E-state index in [2.05, 4.69) is 13.7 Å². The van der Waals surface area contributed by atoms with Gasteiger partial charge in [-0.3, -0.25) is 13.9 Å². The molecule has 136 valence electrons. The minimum Gasteiger partial charge on any atom is -0.507 e. The Morgan fingerprint density at radius 1 is 1.00 bits per heavy atom. The molecular weight excluding hydrogens is 382 g/mol. The fourth-order valence-corrected chi connectivity index (χ4v) is 2.69. The Balaban J connectivity index is 2.69. The van der Waals surface area contributed by atoms with Gasteiger partial charge in [-0.05, 0) is 23.6 Å². The van der Waals surface area contributed by atoms with Gasteiger partial charge in [0, 0.05) is 18.4 Å². The molecule has 0 heterocycles. The highest BCUT2D eigenvalue weighted by atomic mass is 32.3. The second-order valence-corrected chi connectivity index (χ2v) is 6.76. The molecule has 0 aliphatic heterocycles. The molecule has 25 heavy (non-hydrogen) atoms. The summed E-state index contributed by atoms with van der Waals surface area (Å²) in [7, 11) is -9.79. The molecule has 13 heteroatoms. The summed E-state index contributed by atoms with van der Waals surface area (Å²) < 4.78 is 69.4. The van der Waals surface area contributed by atoms with Crippen LogP contribution in [-0.4, -0.2) is 37.0 Å². The predicted octanol–water partition coefficient (Wildman–Crippen LogP) is 0.867. The summed E-state index contributed by atoms with van der Waals surface area (Å²) in [5.74, 6) is -2.07. The molecule has 2 rings (SSSR count). The van der Waals surface area contributed by atoms with Gasteiger partial charge >= 0.3 is 20.8 Å². The van der Waals surface area contributed by atoms with E-state index in [1.807, 2.05) is 0 Å². The Kier molecular flexibility index (Phi) is 4.76. The van der Waals surface area contributed by atoms with Crippen LogP contribution in [0.4, 0.5) is 5.69 Å². The molecule has 2 aromatic rings. The van der Waals surface area contributed by atoms with Crippen molar-refractivity contribution < 1.29 is 44.2 Å². The summed E-state index contributed by atoms with van der Waals surface area (Å²) in [4.78, 5) is 11.2. The van der Waals surface area contributed by atoms with Crippen LogP contribution in [0.5, 0.6) is 17.2 Å². The summed E-state index contributed by atoms with van der Waals surface area (Å²) in [6.07, 6.45) is 0. The number of hydrogen-bond donors (Lipinski definition) is 4. The van der Waals surface area contributed by atoms with Crippen molar-refractivity contribution in [1.82, 2.24) is 0 Å². The number of nitrogens with one attached hydrogen (secondary N) is 1. The third kappa shape index (κ3) is 5.18. The zero-order valence-electron chi connectivity index (χ0n) is 12.3. The number of carbonyl (C=O) groups excluding carboxylic acids is 1. The van der Waals surface area contributed by atoms with E-state index in [0.29, 0.717) is 0 Å². The minimum absolute atomic E-state index is 0.0198. The summed E-state index contributed by atoms with van der Waals surface area (Å²) in [5, 5.41) is 12.3. The second-order valence-electron chi connectivity index (χ2n) is 4.72. The number of anilines is 1. The van der Waals surface area contributed by atoms with Crippen LogP contribution in [0.15, 0.2) is 24.3 Å². The van der Waals surface area contributed by atoms with Gasteiger partial charge in [0.1, 0.15) is 11.5 Å². The summed E-state index contributed by atoms with van der Waals surface area (Å²) in [6.45, 7) is 1.13. The van der Waals surface area contributed by atoms with Gasteiger partial charge in [-0.2, -0.15) is 16.8 Å². The Hall–Kier alpha value is -2.61. The van der Waals surface area contributed by atoms with Crippen LogP contribution in [-0.2, 0) is 25.6 Å². The topological polar surface area (TPSA) is 177 Å². The van der Waals surface area contributed by atoms with E-state index in [0.717, 1.165) is 31.2 Å². The standard InChI is InChI=1S/C12H11NO10S2/c1-6(14)13-10-5-9-7(3-12(10)23-25(19,20)21)2-8(4-11(9)15)22-24(16,17)18/h2-5,15H,1H3,(H,13,14)(H,16,17,18)(H,19,20,21). The number of benzene rings is 2. The molecular formula is C12H11NO10S2. The molecule has 0 bridgehead atoms. The molecule has 0 aliphatic rings. The number of aromatic hydroxyl groups is 1. The van der Waals surface area contributed by atoms with Gasteiger partial charge in [0.2, 0.25) is 5.91 Å². The van der Waals surface area contributed by atoms with Gasteiger partial charge in [-0.1, -0.05) is 0 Å². The average Bonchev–Trinajstić information content (AvgIpc) is 2.36. The highest BCUT2D eigenvalue weighted by molar-refractivity contribution is 7.81. The van der Waals surface area contributed by atoms with Crippen molar-refractivity contribution in [3.63, 3.8) is 0 Å². The van der Waals surface area contributed by atoms with E-state index in [1.165, 1.54) is 0 Å². The van der Waals surface area contributed by atoms with Crippen LogP contribution in [0.1, 0.15) is 6.92 Å². The molecule has 0 atom stereocenters. The number of phenols is 1. The second kappa shape index (κ2) is 6.36. The summed E-state index contributed by atoms with van der Waals surface area (Å²) in [5.41, 5.74) is -0.184. The lowest BCUT2D eigenvalue weighted by Gasteiger charge is -2.12. The van der Waals surface area contributed by atoms with E-state index < -0.39 is 44.0 Å². The first-order valence-electron chi connectivity index (χ1n) is 6.26. The number of carbonyl (C=O) groups is 1. The molecule has 0 spiro atoms. The molecule has 11 nitrogen and oxygen atoms in total. The van der Waals surface area contributed by atoms with Crippen LogP contribution in [0.2, 0.25) is 0 Å². The minimum atomic E-state index is -4.93. The molecule has 0 radical (unpaired) electrons. The van der Waals surface area contributed by atoms with Gasteiger partial charge in [-0.25, -0.2) is 0 Å². The molecule has 0 saturated carbocycles. The average molecular weight is 393 g/mol. The maximum Gasteiger partial charge on any atom is 0.446 e. The predicted molar refractivity (Wildman–Crippen MR) is 84.3 cm³/mol. The van der Waals surface area contributed by atoms with Crippen molar-refractivity contribution in [3.05, 3.63) is 24.3 Å². The molecule has 4 N–H and O–H groups in total. The van der Waals surface area contributed by atoms with Gasteiger partial charge in [0.05, 0.1) is 5.69 Å². The van der Waals surface area contributed by atoms with Crippen LogP contribution in [0, 0.1) is 0 Å². The van der Waals surface area contributed by atoms with Crippen molar-refractivity contribution in [3.8, 4) is 17.2 Å². The fraction of sp³-hybridized carbons (Fsp3) is 0.0833. The van der Waals surface area contributed by atoms with Crippen molar-refractivity contribution in [1.29, 1.82) is 0 Å². The molecule has 0 aromatic heterocycles. The van der Waals surface area contributed by atoms with Crippen LogP contribution in [0.25, 0.3) is 10.8 Å². The SMILES string of the molecule is CC(=O)Nc1cc2c(O)cc(OS(=O)(=O)O)cc2cc1OS(=O)(=O)O. The number of phenolic OH excluding ortho intramolecular Hbond substituents is 1. The van der Waals surface area contributed by atoms with E-state index in [-0.39, 0.29) is 16.5 Å². The first-order chi connectivity index (χ1) is 11.3. The van der Waals surface area contributed by atoms with Crippen molar-refractivity contribution >= 4 is 43.2 Å². The van der Waals surface area contributed by atoms with Crippen molar-refractivity contribution in [2.45, 2.75) is 6.92 Å². The zero-order valence-corrected chi connectivity index (χ0v) is 14.0. The lowest BCUT2D eigenvalue weighted by molar-refractivity contribution is -0.114. The largest absolute Gasteiger partial charge is 0.507 e. The van der Waals surface area contributed by atoms with Crippen LogP contribution >= 0.6 is 0 Å². The number of fused-ring (bicyclic) bond motifs is 1. The van der Waals surface area contributed by atoms with E-state index in [4.69, 9.17) is 9.11 Å². The number of rotatable bonds is 5. The Labute approximate surface area is 141 Å². The lowest BCUT2D eigenvalue weighted by atomic mass is 10.1. The molecule has 0 fully saturated rings. The number of amides is 1. The van der Waals surface area contributed by atoms with E-state index in [1.54, 1.807) is 0 Å². The summed E-state index contributed by atoms with van der Waals surface area (Å²) >= 11 is 0. The highest BCUT2D eigenvalue weighted by Crippen LogP contribution is 2.38. The maximum atomic E-state index is 11.2. The smallest absolute Gasteiger partial charge is 0.446 e. The lowest BCUT2D eigenvalue weighted by Crippen LogP contribution is -2.12. The molecule has 2 aromatic carbocycles. The van der Waals surface area contributed by atoms with Crippen LogP contribution in [0.3, 0.4) is 0 Å². The fourth-order valence-electron chi connectivity index (χ4n) is 1.98. The van der Waals surface area contributed by atoms with E-state index in [9.17, 15) is 26.7 Å². The summed E-state index contributed by atoms with van der Waals surface area (Å²) in [6, 6.07) is 4.03. The van der Waals surface area contributed by atoms with Gasteiger partial charge < -0.3 is 18.8 Å². The first-order valence-corrected chi connectivity index (χ1v) is 8.99. The van der Waals surface area contributed by atoms with E-state index >= 15 is 0 Å². The third-order valence-electron chi connectivity index (χ3n) is 2.71. The Morgan fingerprint density at radius 2 is 1.60 bits per heavy atom. The van der Waals surface area contributed by atoms with Gasteiger partial charge in [0.15, 0.2) is 5.75 Å². The normalized spacial score (nSPS) is 12.0.